The van der Waals surface area contributed by atoms with Gasteiger partial charge >= 0.3 is 5.69 Å². The molecule has 0 fully saturated rings. The quantitative estimate of drug-likeness (QED) is 0.495. The lowest BCUT2D eigenvalue weighted by Gasteiger charge is -2.22. The van der Waals surface area contributed by atoms with Crippen molar-refractivity contribution in [2.45, 2.75) is 16.5 Å². The Morgan fingerprint density at radius 2 is 1.52 bits per heavy atom. The predicted molar refractivity (Wildman–Crippen MR) is 113 cm³/mol. The van der Waals surface area contributed by atoms with Crippen molar-refractivity contribution in [3.8, 4) is 0 Å². The van der Waals surface area contributed by atoms with Crippen LogP contribution >= 0.6 is 11.8 Å². The SMILES string of the molecule is Cn1c(=O)c2[nH]c(SC(c3ccccc3)C(O)c3ccccc3)nc2n(C)c1=O. The molecule has 2 heterocycles. The van der Waals surface area contributed by atoms with Crippen molar-refractivity contribution in [3.63, 3.8) is 0 Å². The fraction of sp³-hybridized carbons (Fsp3) is 0.190. The summed E-state index contributed by atoms with van der Waals surface area (Å²) in [5.41, 5.74) is 1.40. The number of aliphatic hydroxyl groups is 1. The second-order valence-electron chi connectivity index (χ2n) is 6.75. The van der Waals surface area contributed by atoms with Crippen molar-refractivity contribution >= 4 is 22.9 Å². The summed E-state index contributed by atoms with van der Waals surface area (Å²) in [5, 5.41) is 11.2. The second-order valence-corrected chi connectivity index (χ2v) is 7.88. The number of rotatable bonds is 5. The van der Waals surface area contributed by atoms with Gasteiger partial charge in [0.2, 0.25) is 0 Å². The van der Waals surface area contributed by atoms with Crippen LogP contribution < -0.4 is 11.2 Å². The zero-order valence-corrected chi connectivity index (χ0v) is 16.8. The summed E-state index contributed by atoms with van der Waals surface area (Å²) in [7, 11) is 3.01. The van der Waals surface area contributed by atoms with Gasteiger partial charge in [0.25, 0.3) is 5.56 Å². The molecule has 0 saturated heterocycles. The number of imidazole rings is 1. The third-order valence-corrected chi connectivity index (χ3v) is 6.07. The van der Waals surface area contributed by atoms with E-state index in [1.807, 2.05) is 60.7 Å². The number of nitrogens with zero attached hydrogens (tertiary/aromatic N) is 3. The van der Waals surface area contributed by atoms with Gasteiger partial charge in [0.05, 0.1) is 11.4 Å². The molecule has 0 saturated carbocycles. The van der Waals surface area contributed by atoms with Gasteiger partial charge in [-0.2, -0.15) is 0 Å². The number of thioether (sulfide) groups is 1. The molecular weight excluding hydrogens is 388 g/mol. The first-order chi connectivity index (χ1) is 14.0. The average molecular weight is 408 g/mol. The number of hydrogen-bond donors (Lipinski definition) is 2. The van der Waals surface area contributed by atoms with Gasteiger partial charge in [-0.05, 0) is 11.1 Å². The molecule has 148 valence electrons. The first-order valence-electron chi connectivity index (χ1n) is 9.07. The van der Waals surface area contributed by atoms with Crippen LogP contribution in [0.2, 0.25) is 0 Å². The summed E-state index contributed by atoms with van der Waals surface area (Å²) in [6.07, 6.45) is -0.788. The standard InChI is InChI=1S/C21H20N4O3S/c1-24-18-15(19(27)25(2)21(24)28)22-20(23-18)29-17(14-11-7-4-8-12-14)16(26)13-9-5-3-6-10-13/h3-12,16-17,26H,1-2H3,(H,22,23). The Balaban J connectivity index is 1.79. The largest absolute Gasteiger partial charge is 0.387 e. The summed E-state index contributed by atoms with van der Waals surface area (Å²) in [6, 6.07) is 19.0. The van der Waals surface area contributed by atoms with Crippen molar-refractivity contribution < 1.29 is 5.11 Å². The molecule has 2 aromatic carbocycles. The molecule has 0 aliphatic carbocycles. The first kappa shape index (κ1) is 19.2. The molecule has 0 aliphatic heterocycles. The normalized spacial score (nSPS) is 13.5. The van der Waals surface area contributed by atoms with Gasteiger partial charge in [-0.3, -0.25) is 13.9 Å². The van der Waals surface area contributed by atoms with Crippen LogP contribution in [0.5, 0.6) is 0 Å². The summed E-state index contributed by atoms with van der Waals surface area (Å²) in [6.45, 7) is 0. The van der Waals surface area contributed by atoms with E-state index < -0.39 is 17.4 Å². The Morgan fingerprint density at radius 3 is 2.14 bits per heavy atom. The van der Waals surface area contributed by atoms with E-state index in [-0.39, 0.29) is 10.8 Å². The fourth-order valence-electron chi connectivity index (χ4n) is 3.26. The van der Waals surface area contributed by atoms with Crippen LogP contribution in [0.1, 0.15) is 22.5 Å². The zero-order chi connectivity index (χ0) is 20.5. The number of aromatic amines is 1. The highest BCUT2D eigenvalue weighted by Gasteiger charge is 2.26. The van der Waals surface area contributed by atoms with E-state index >= 15 is 0 Å². The Hall–Kier alpha value is -3.10. The highest BCUT2D eigenvalue weighted by Crippen LogP contribution is 2.43. The van der Waals surface area contributed by atoms with E-state index in [9.17, 15) is 14.7 Å². The number of nitrogens with one attached hydrogen (secondary N) is 1. The number of aryl methyl sites for hydroxylation is 1. The predicted octanol–water partition coefficient (Wildman–Crippen LogP) is 2.53. The molecule has 4 rings (SSSR count). The molecule has 2 aromatic heterocycles. The number of aliphatic hydroxyl groups excluding tert-OH is 1. The monoisotopic (exact) mass is 408 g/mol. The molecule has 0 spiro atoms. The molecular formula is C21H20N4O3S. The van der Waals surface area contributed by atoms with Gasteiger partial charge in [0, 0.05) is 14.1 Å². The van der Waals surface area contributed by atoms with Gasteiger partial charge in [-0.25, -0.2) is 9.78 Å². The summed E-state index contributed by atoms with van der Waals surface area (Å²) < 4.78 is 2.38. The van der Waals surface area contributed by atoms with Gasteiger partial charge in [-0.1, -0.05) is 72.4 Å². The third-order valence-electron chi connectivity index (χ3n) is 4.87. The maximum Gasteiger partial charge on any atom is 0.332 e. The minimum Gasteiger partial charge on any atom is -0.387 e. The van der Waals surface area contributed by atoms with Crippen LogP contribution in [-0.2, 0) is 14.1 Å². The first-order valence-corrected chi connectivity index (χ1v) is 9.95. The molecule has 2 unspecified atom stereocenters. The molecule has 29 heavy (non-hydrogen) atoms. The lowest BCUT2D eigenvalue weighted by Crippen LogP contribution is -2.36. The van der Waals surface area contributed by atoms with Gasteiger partial charge in [0.1, 0.15) is 0 Å². The van der Waals surface area contributed by atoms with Crippen molar-refractivity contribution in [2.24, 2.45) is 14.1 Å². The average Bonchev–Trinajstić information content (AvgIpc) is 3.19. The van der Waals surface area contributed by atoms with E-state index in [4.69, 9.17) is 0 Å². The smallest absolute Gasteiger partial charge is 0.332 e. The lowest BCUT2D eigenvalue weighted by molar-refractivity contribution is 0.175. The highest BCUT2D eigenvalue weighted by atomic mass is 32.2. The van der Waals surface area contributed by atoms with Crippen molar-refractivity contribution in [3.05, 3.63) is 92.6 Å². The third kappa shape index (κ3) is 3.52. The minimum absolute atomic E-state index is 0.262. The van der Waals surface area contributed by atoms with Crippen molar-refractivity contribution in [1.29, 1.82) is 0 Å². The maximum absolute atomic E-state index is 12.4. The molecule has 8 heteroatoms. The number of fused-ring (bicyclic) bond motifs is 1. The van der Waals surface area contributed by atoms with Crippen LogP contribution in [0.3, 0.4) is 0 Å². The molecule has 2 atom stereocenters. The molecule has 0 bridgehead atoms. The Kier molecular flexibility index (Phi) is 5.12. The van der Waals surface area contributed by atoms with E-state index in [2.05, 4.69) is 9.97 Å². The topological polar surface area (TPSA) is 92.9 Å². The lowest BCUT2D eigenvalue weighted by atomic mass is 10.0. The van der Waals surface area contributed by atoms with Gasteiger partial charge < -0.3 is 10.1 Å². The minimum atomic E-state index is -0.788. The Bertz CT molecular complexity index is 1260. The Morgan fingerprint density at radius 1 is 0.931 bits per heavy atom. The zero-order valence-electron chi connectivity index (χ0n) is 15.9. The number of H-pyrrole nitrogens is 1. The second kappa shape index (κ2) is 7.73. The van der Waals surface area contributed by atoms with Crippen LogP contribution in [0.25, 0.3) is 11.2 Å². The van der Waals surface area contributed by atoms with Crippen molar-refractivity contribution in [2.75, 3.05) is 0 Å². The number of benzene rings is 2. The van der Waals surface area contributed by atoms with Crippen molar-refractivity contribution in [1.82, 2.24) is 19.1 Å². The Labute approximate surface area is 170 Å². The van der Waals surface area contributed by atoms with E-state index in [0.717, 1.165) is 15.7 Å². The van der Waals surface area contributed by atoms with E-state index in [0.29, 0.717) is 10.8 Å². The van der Waals surface area contributed by atoms with Gasteiger partial charge in [-0.15, -0.1) is 0 Å². The van der Waals surface area contributed by atoms with E-state index in [1.165, 1.54) is 23.4 Å². The van der Waals surface area contributed by atoms with Crippen LogP contribution in [0.15, 0.2) is 75.4 Å². The number of hydrogen-bond acceptors (Lipinski definition) is 5. The molecule has 0 radical (unpaired) electrons. The number of aromatic nitrogens is 4. The fourth-order valence-corrected chi connectivity index (χ4v) is 4.38. The van der Waals surface area contributed by atoms with Crippen LogP contribution in [0.4, 0.5) is 0 Å². The summed E-state index contributed by atoms with van der Waals surface area (Å²) >= 11 is 1.32. The maximum atomic E-state index is 12.4. The molecule has 0 amide bonds. The van der Waals surface area contributed by atoms with Gasteiger partial charge in [0.15, 0.2) is 16.3 Å². The molecule has 4 aromatic rings. The van der Waals surface area contributed by atoms with E-state index in [1.54, 1.807) is 7.05 Å². The summed E-state index contributed by atoms with van der Waals surface area (Å²) in [4.78, 5) is 32.1. The molecule has 0 aliphatic rings. The summed E-state index contributed by atoms with van der Waals surface area (Å²) in [5.74, 6) is 0. The highest BCUT2D eigenvalue weighted by molar-refractivity contribution is 7.99. The van der Waals surface area contributed by atoms with Crippen LogP contribution in [0, 0.1) is 0 Å². The van der Waals surface area contributed by atoms with Crippen LogP contribution in [-0.4, -0.2) is 24.2 Å². The molecule has 7 nitrogen and oxygen atoms in total. The molecule has 2 N–H and O–H groups in total.